The van der Waals surface area contributed by atoms with Gasteiger partial charge in [0.25, 0.3) is 0 Å². The predicted octanol–water partition coefficient (Wildman–Crippen LogP) is 6.48. The molecule has 1 unspecified atom stereocenters. The number of alkyl carbamates (subject to hydrolysis) is 1. The topological polar surface area (TPSA) is 77.8 Å². The molecule has 1 amide bonds. The molecule has 0 aliphatic rings. The SMILES string of the molecule is CCCCOC(=O)C(CC)CC(C)(C)c1ccc(C(C)(C)NC(=O)OCc2ccco2)cc1. The van der Waals surface area contributed by atoms with Crippen molar-refractivity contribution in [1.82, 2.24) is 5.32 Å². The second kappa shape index (κ2) is 11.9. The Morgan fingerprint density at radius 3 is 2.24 bits per heavy atom. The zero-order chi connectivity index (χ0) is 24.5. The first-order valence-corrected chi connectivity index (χ1v) is 11.8. The smallest absolute Gasteiger partial charge is 0.408 e. The van der Waals surface area contributed by atoms with E-state index in [1.165, 1.54) is 0 Å². The molecule has 0 saturated carbocycles. The lowest BCUT2D eigenvalue weighted by Gasteiger charge is -2.31. The average molecular weight is 458 g/mol. The molecule has 0 aliphatic heterocycles. The summed E-state index contributed by atoms with van der Waals surface area (Å²) in [6, 6.07) is 11.7. The Hall–Kier alpha value is -2.76. The molecule has 0 bridgehead atoms. The van der Waals surface area contributed by atoms with Crippen LogP contribution in [0.1, 0.15) is 84.1 Å². The maximum Gasteiger partial charge on any atom is 0.408 e. The number of ether oxygens (including phenoxy) is 2. The van der Waals surface area contributed by atoms with Crippen molar-refractivity contribution in [3.05, 3.63) is 59.5 Å². The molecule has 6 heteroatoms. The average Bonchev–Trinajstić information content (AvgIpc) is 3.30. The summed E-state index contributed by atoms with van der Waals surface area (Å²) in [5, 5.41) is 2.91. The van der Waals surface area contributed by atoms with E-state index in [4.69, 9.17) is 13.9 Å². The summed E-state index contributed by atoms with van der Waals surface area (Å²) >= 11 is 0. The van der Waals surface area contributed by atoms with E-state index in [9.17, 15) is 9.59 Å². The van der Waals surface area contributed by atoms with Crippen molar-refractivity contribution in [1.29, 1.82) is 0 Å². The van der Waals surface area contributed by atoms with Crippen LogP contribution in [0.4, 0.5) is 4.79 Å². The largest absolute Gasteiger partial charge is 0.466 e. The molecule has 1 aromatic carbocycles. The Bertz CT molecular complexity index is 868. The van der Waals surface area contributed by atoms with E-state index in [1.54, 1.807) is 18.4 Å². The normalized spacial score (nSPS) is 12.8. The minimum absolute atomic E-state index is 0.0848. The number of esters is 1. The van der Waals surface area contributed by atoms with Gasteiger partial charge in [-0.15, -0.1) is 0 Å². The third-order valence-corrected chi connectivity index (χ3v) is 6.05. The molecule has 0 saturated heterocycles. The second-order valence-electron chi connectivity index (χ2n) is 9.70. The summed E-state index contributed by atoms with van der Waals surface area (Å²) in [6.45, 7) is 12.9. The molecule has 0 radical (unpaired) electrons. The Morgan fingerprint density at radius 2 is 1.67 bits per heavy atom. The molecule has 0 aliphatic carbocycles. The van der Waals surface area contributed by atoms with E-state index in [2.05, 4.69) is 38.2 Å². The summed E-state index contributed by atoms with van der Waals surface area (Å²) < 4.78 is 15.9. The highest BCUT2D eigenvalue weighted by molar-refractivity contribution is 5.72. The van der Waals surface area contributed by atoms with E-state index in [0.717, 1.165) is 30.4 Å². The molecule has 1 N–H and O–H groups in total. The van der Waals surface area contributed by atoms with E-state index >= 15 is 0 Å². The fourth-order valence-corrected chi connectivity index (χ4v) is 3.80. The highest BCUT2D eigenvalue weighted by Crippen LogP contribution is 2.33. The van der Waals surface area contributed by atoms with E-state index in [-0.39, 0.29) is 23.9 Å². The van der Waals surface area contributed by atoms with Gasteiger partial charge in [0.15, 0.2) is 6.61 Å². The van der Waals surface area contributed by atoms with E-state index in [1.807, 2.05) is 32.9 Å². The molecular formula is C27H39NO5. The van der Waals surface area contributed by atoms with Gasteiger partial charge in [-0.25, -0.2) is 4.79 Å². The summed E-state index contributed by atoms with van der Waals surface area (Å²) in [6.07, 6.45) is 4.41. The summed E-state index contributed by atoms with van der Waals surface area (Å²) in [7, 11) is 0. The molecule has 33 heavy (non-hydrogen) atoms. The number of carbonyl (C=O) groups excluding carboxylic acids is 2. The first-order chi connectivity index (χ1) is 15.6. The number of nitrogens with one attached hydrogen (secondary N) is 1. The molecule has 0 spiro atoms. The maximum atomic E-state index is 12.5. The quantitative estimate of drug-likeness (QED) is 0.292. The number of hydrogen-bond acceptors (Lipinski definition) is 5. The van der Waals surface area contributed by atoms with Crippen molar-refractivity contribution >= 4 is 12.1 Å². The van der Waals surface area contributed by atoms with Crippen molar-refractivity contribution in [3.8, 4) is 0 Å². The Labute approximate surface area is 198 Å². The molecule has 1 aromatic heterocycles. The van der Waals surface area contributed by atoms with Crippen molar-refractivity contribution in [2.75, 3.05) is 6.61 Å². The summed E-state index contributed by atoms with van der Waals surface area (Å²) in [5.41, 5.74) is 1.30. The predicted molar refractivity (Wildman–Crippen MR) is 129 cm³/mol. The molecule has 2 aromatic rings. The lowest BCUT2D eigenvalue weighted by molar-refractivity contribution is -0.149. The van der Waals surface area contributed by atoms with Crippen LogP contribution in [-0.2, 0) is 31.8 Å². The fraction of sp³-hybridized carbons (Fsp3) is 0.556. The van der Waals surface area contributed by atoms with Crippen LogP contribution in [0.3, 0.4) is 0 Å². The van der Waals surface area contributed by atoms with Crippen LogP contribution in [-0.4, -0.2) is 18.7 Å². The first kappa shape index (κ1) is 26.5. The minimum atomic E-state index is -0.613. The third-order valence-electron chi connectivity index (χ3n) is 6.05. The van der Waals surface area contributed by atoms with Crippen molar-refractivity contribution < 1.29 is 23.5 Å². The number of benzene rings is 1. The molecular weight excluding hydrogens is 418 g/mol. The number of rotatable bonds is 12. The molecule has 6 nitrogen and oxygen atoms in total. The number of unbranched alkanes of at least 4 members (excludes halogenated alkanes) is 1. The number of carbonyl (C=O) groups is 2. The van der Waals surface area contributed by atoms with Gasteiger partial charge in [0, 0.05) is 0 Å². The van der Waals surface area contributed by atoms with Crippen molar-refractivity contribution in [2.45, 2.75) is 84.8 Å². The standard InChI is InChI=1S/C27H39NO5/c1-7-9-16-32-24(29)20(8-2)18-26(3,4)21-12-14-22(15-13-21)27(5,6)28-25(30)33-19-23-11-10-17-31-23/h10-15,17,20H,7-9,16,18-19H2,1-6H3,(H,28,30). The second-order valence-corrected chi connectivity index (χ2v) is 9.70. The number of hydrogen-bond donors (Lipinski definition) is 1. The lowest BCUT2D eigenvalue weighted by Crippen LogP contribution is -2.41. The molecule has 2 rings (SSSR count). The van der Waals surface area contributed by atoms with Crippen molar-refractivity contribution in [3.63, 3.8) is 0 Å². The van der Waals surface area contributed by atoms with Crippen LogP contribution in [0.15, 0.2) is 47.1 Å². The minimum Gasteiger partial charge on any atom is -0.466 e. The molecule has 182 valence electrons. The van der Waals surface area contributed by atoms with Crippen molar-refractivity contribution in [2.24, 2.45) is 5.92 Å². The Balaban J connectivity index is 1.99. The van der Waals surface area contributed by atoms with E-state index < -0.39 is 11.6 Å². The zero-order valence-corrected chi connectivity index (χ0v) is 20.9. The highest BCUT2D eigenvalue weighted by atomic mass is 16.6. The van der Waals surface area contributed by atoms with Gasteiger partial charge in [-0.2, -0.15) is 0 Å². The molecule has 0 fully saturated rings. The van der Waals surface area contributed by atoms with Crippen LogP contribution in [0.25, 0.3) is 0 Å². The van der Waals surface area contributed by atoms with Gasteiger partial charge >= 0.3 is 12.1 Å². The lowest BCUT2D eigenvalue weighted by atomic mass is 9.75. The van der Waals surface area contributed by atoms with Gasteiger partial charge < -0.3 is 19.2 Å². The van der Waals surface area contributed by atoms with Gasteiger partial charge in [0.2, 0.25) is 0 Å². The Morgan fingerprint density at radius 1 is 1.00 bits per heavy atom. The van der Waals surface area contributed by atoms with Crippen LogP contribution in [0, 0.1) is 5.92 Å². The maximum absolute atomic E-state index is 12.5. The van der Waals surface area contributed by atoms with Gasteiger partial charge in [0.05, 0.1) is 24.3 Å². The zero-order valence-electron chi connectivity index (χ0n) is 20.9. The van der Waals surface area contributed by atoms with Gasteiger partial charge in [0.1, 0.15) is 5.76 Å². The van der Waals surface area contributed by atoms with E-state index in [0.29, 0.717) is 18.8 Å². The van der Waals surface area contributed by atoms with Gasteiger partial charge in [-0.3, -0.25) is 4.79 Å². The number of amides is 1. The van der Waals surface area contributed by atoms with Crippen LogP contribution < -0.4 is 5.32 Å². The molecule has 1 atom stereocenters. The highest BCUT2D eigenvalue weighted by Gasteiger charge is 2.30. The van der Waals surface area contributed by atoms with Crippen LogP contribution >= 0.6 is 0 Å². The number of furan rings is 1. The molecule has 1 heterocycles. The van der Waals surface area contributed by atoms with Crippen LogP contribution in [0.5, 0.6) is 0 Å². The van der Waals surface area contributed by atoms with Crippen LogP contribution in [0.2, 0.25) is 0 Å². The first-order valence-electron chi connectivity index (χ1n) is 11.8. The summed E-state index contributed by atoms with van der Waals surface area (Å²) in [4.78, 5) is 24.7. The van der Waals surface area contributed by atoms with Gasteiger partial charge in [-0.1, -0.05) is 58.4 Å². The monoisotopic (exact) mass is 457 g/mol. The Kier molecular flexibility index (Phi) is 9.56. The van der Waals surface area contributed by atoms with Gasteiger partial charge in [-0.05, 0) is 61.8 Å². The fourth-order valence-electron chi connectivity index (χ4n) is 3.80. The third kappa shape index (κ3) is 7.95. The summed E-state index contributed by atoms with van der Waals surface area (Å²) in [5.74, 6) is 0.363.